The molecular formula is C11H9NO2S. The van der Waals surface area contributed by atoms with Crippen LogP contribution in [0.15, 0.2) is 30.5 Å². The zero-order valence-corrected chi connectivity index (χ0v) is 8.99. The van der Waals surface area contributed by atoms with E-state index in [1.165, 1.54) is 6.20 Å². The third-order valence-corrected chi connectivity index (χ3v) is 2.39. The van der Waals surface area contributed by atoms with Crippen LogP contribution in [-0.2, 0) is 0 Å². The maximum absolute atomic E-state index is 11.0. The summed E-state index contributed by atoms with van der Waals surface area (Å²) >= 11 is 3.75. The van der Waals surface area contributed by atoms with Gasteiger partial charge >= 0.3 is 0 Å². The number of hydrogen-bond donors (Lipinski definition) is 1. The van der Waals surface area contributed by atoms with Gasteiger partial charge in [-0.25, -0.2) is 0 Å². The molecule has 76 valence electrons. The molecule has 1 aromatic carbocycles. The lowest BCUT2D eigenvalue weighted by Gasteiger charge is -2.02. The summed E-state index contributed by atoms with van der Waals surface area (Å²) in [6.45, 7) is 0. The molecule has 1 heterocycles. The van der Waals surface area contributed by atoms with Crippen LogP contribution >= 0.6 is 12.6 Å². The van der Waals surface area contributed by atoms with Gasteiger partial charge in [0.05, 0.1) is 12.6 Å². The van der Waals surface area contributed by atoms with E-state index in [4.69, 9.17) is 4.74 Å². The quantitative estimate of drug-likeness (QED) is 0.788. The monoisotopic (exact) mass is 219 g/mol. The summed E-state index contributed by atoms with van der Waals surface area (Å²) < 4.78 is 5.09. The number of carbonyl (C=O) groups is 1. The predicted octanol–water partition coefficient (Wildman–Crippen LogP) is 2.31. The van der Waals surface area contributed by atoms with Gasteiger partial charge in [-0.1, -0.05) is 0 Å². The normalized spacial score (nSPS) is 10.3. The molecule has 15 heavy (non-hydrogen) atoms. The third-order valence-electron chi connectivity index (χ3n) is 2.14. The molecule has 0 aliphatic rings. The first-order valence-corrected chi connectivity index (χ1v) is 4.82. The summed E-state index contributed by atoms with van der Waals surface area (Å²) in [4.78, 5) is 15.2. The van der Waals surface area contributed by atoms with Crippen molar-refractivity contribution in [2.45, 2.75) is 0 Å². The van der Waals surface area contributed by atoms with E-state index in [1.54, 1.807) is 13.2 Å². The lowest BCUT2D eigenvalue weighted by molar-refractivity contribution is 0.109. The zero-order valence-electron chi connectivity index (χ0n) is 8.10. The van der Waals surface area contributed by atoms with Crippen LogP contribution in [0, 0.1) is 0 Å². The molecule has 0 bridgehead atoms. The first-order chi connectivity index (χ1) is 7.20. The second kappa shape index (κ2) is 3.90. The van der Waals surface area contributed by atoms with E-state index in [2.05, 4.69) is 17.6 Å². The van der Waals surface area contributed by atoms with Gasteiger partial charge < -0.3 is 4.74 Å². The summed E-state index contributed by atoms with van der Waals surface area (Å²) in [6, 6.07) is 7.27. The maximum Gasteiger partial charge on any atom is 0.217 e. The van der Waals surface area contributed by atoms with Crippen molar-refractivity contribution in [1.82, 2.24) is 4.98 Å². The highest BCUT2D eigenvalue weighted by Crippen LogP contribution is 2.20. The Kier molecular flexibility index (Phi) is 2.60. The molecule has 4 heteroatoms. The van der Waals surface area contributed by atoms with Crippen molar-refractivity contribution >= 4 is 28.6 Å². The first kappa shape index (κ1) is 9.98. The van der Waals surface area contributed by atoms with Crippen LogP contribution in [0.1, 0.15) is 10.4 Å². The van der Waals surface area contributed by atoms with Gasteiger partial charge in [-0.15, -0.1) is 12.6 Å². The molecule has 0 aliphatic heterocycles. The van der Waals surface area contributed by atoms with E-state index in [0.717, 1.165) is 16.7 Å². The molecule has 0 radical (unpaired) electrons. The van der Waals surface area contributed by atoms with Crippen molar-refractivity contribution in [2.75, 3.05) is 7.11 Å². The molecule has 0 fully saturated rings. The molecule has 0 N–H and O–H groups in total. The van der Waals surface area contributed by atoms with Crippen LogP contribution in [0.3, 0.4) is 0 Å². The number of rotatable bonds is 2. The Hall–Kier alpha value is -1.55. The number of hydrogen-bond acceptors (Lipinski definition) is 3. The number of aromatic nitrogens is 1. The molecule has 0 saturated carbocycles. The summed E-state index contributed by atoms with van der Waals surface area (Å²) in [5, 5.41) is 0.585. The molecular weight excluding hydrogens is 210 g/mol. The van der Waals surface area contributed by atoms with E-state index in [0.29, 0.717) is 5.56 Å². The standard InChI is InChI=1S/C11H9NO2S/c1-14-9-2-3-10-7(5-9)4-8(6-12-10)11(13)15/h2-6H,1H3,(H,13,15). The first-order valence-electron chi connectivity index (χ1n) is 4.38. The number of benzene rings is 1. The van der Waals surface area contributed by atoms with E-state index in [1.807, 2.05) is 18.2 Å². The molecule has 0 saturated heterocycles. The maximum atomic E-state index is 11.0. The van der Waals surface area contributed by atoms with Crippen molar-refractivity contribution < 1.29 is 9.53 Å². The SMILES string of the molecule is COc1ccc2ncc(C(=O)S)cc2c1. The van der Waals surface area contributed by atoms with Crippen LogP contribution < -0.4 is 4.74 Å². The average Bonchev–Trinajstić information content (AvgIpc) is 2.27. The molecule has 3 nitrogen and oxygen atoms in total. The fourth-order valence-electron chi connectivity index (χ4n) is 1.35. The Morgan fingerprint density at radius 1 is 1.40 bits per heavy atom. The smallest absolute Gasteiger partial charge is 0.217 e. The number of thiol groups is 1. The van der Waals surface area contributed by atoms with E-state index >= 15 is 0 Å². The average molecular weight is 219 g/mol. The Labute approximate surface area is 92.5 Å². The van der Waals surface area contributed by atoms with Crippen LogP contribution in [0.25, 0.3) is 10.9 Å². The van der Waals surface area contributed by atoms with E-state index in [-0.39, 0.29) is 5.12 Å². The molecule has 0 aliphatic carbocycles. The van der Waals surface area contributed by atoms with Crippen molar-refractivity contribution in [3.05, 3.63) is 36.0 Å². The van der Waals surface area contributed by atoms with Gasteiger partial charge in [0.1, 0.15) is 5.75 Å². The van der Waals surface area contributed by atoms with Gasteiger partial charge in [-0.3, -0.25) is 9.78 Å². The fourth-order valence-corrected chi connectivity index (χ4v) is 1.48. The van der Waals surface area contributed by atoms with Crippen LogP contribution in [0.4, 0.5) is 0 Å². The minimum Gasteiger partial charge on any atom is -0.497 e. The highest BCUT2D eigenvalue weighted by Gasteiger charge is 2.03. The molecule has 1 aromatic heterocycles. The Bertz CT molecular complexity index is 525. The second-order valence-electron chi connectivity index (χ2n) is 3.09. The molecule has 0 atom stereocenters. The lowest BCUT2D eigenvalue weighted by Crippen LogP contribution is -1.91. The van der Waals surface area contributed by atoms with Gasteiger partial charge in [0.25, 0.3) is 0 Å². The van der Waals surface area contributed by atoms with Gasteiger partial charge in [-0.2, -0.15) is 0 Å². The number of nitrogens with zero attached hydrogens (tertiary/aromatic N) is 1. The molecule has 0 spiro atoms. The summed E-state index contributed by atoms with van der Waals surface area (Å²) in [7, 11) is 1.60. The predicted molar refractivity (Wildman–Crippen MR) is 61.6 cm³/mol. The van der Waals surface area contributed by atoms with Crippen molar-refractivity contribution in [3.63, 3.8) is 0 Å². The number of fused-ring (bicyclic) bond motifs is 1. The molecule has 2 rings (SSSR count). The summed E-state index contributed by atoms with van der Waals surface area (Å²) in [6.07, 6.45) is 1.52. The molecule has 0 amide bonds. The van der Waals surface area contributed by atoms with Gasteiger partial charge in [0.15, 0.2) is 0 Å². The van der Waals surface area contributed by atoms with E-state index in [9.17, 15) is 4.79 Å². The topological polar surface area (TPSA) is 39.2 Å². The second-order valence-corrected chi connectivity index (χ2v) is 3.49. The lowest BCUT2D eigenvalue weighted by atomic mass is 10.1. The highest BCUT2D eigenvalue weighted by atomic mass is 32.1. The van der Waals surface area contributed by atoms with Crippen molar-refractivity contribution in [2.24, 2.45) is 0 Å². The zero-order chi connectivity index (χ0) is 10.8. The van der Waals surface area contributed by atoms with Gasteiger partial charge in [0, 0.05) is 17.1 Å². The largest absolute Gasteiger partial charge is 0.497 e. The van der Waals surface area contributed by atoms with Crippen LogP contribution in [-0.4, -0.2) is 17.2 Å². The summed E-state index contributed by atoms with van der Waals surface area (Å²) in [5.74, 6) is 0.744. The highest BCUT2D eigenvalue weighted by molar-refractivity contribution is 7.97. The molecule has 0 unspecified atom stereocenters. The number of methoxy groups -OCH3 is 1. The number of pyridine rings is 1. The Balaban J connectivity index is 2.62. The van der Waals surface area contributed by atoms with Gasteiger partial charge in [-0.05, 0) is 24.3 Å². The Morgan fingerprint density at radius 2 is 2.20 bits per heavy atom. The number of carbonyl (C=O) groups excluding carboxylic acids is 1. The number of ether oxygens (including phenoxy) is 1. The minimum atomic E-state index is -0.285. The molecule has 2 aromatic rings. The third kappa shape index (κ3) is 1.94. The minimum absolute atomic E-state index is 0.285. The summed E-state index contributed by atoms with van der Waals surface area (Å²) in [5.41, 5.74) is 1.31. The van der Waals surface area contributed by atoms with Crippen LogP contribution in [0.5, 0.6) is 5.75 Å². The van der Waals surface area contributed by atoms with Crippen molar-refractivity contribution in [1.29, 1.82) is 0 Å². The Morgan fingerprint density at radius 3 is 2.87 bits per heavy atom. The van der Waals surface area contributed by atoms with E-state index < -0.39 is 0 Å². The van der Waals surface area contributed by atoms with Crippen LogP contribution in [0.2, 0.25) is 0 Å². The fraction of sp³-hybridized carbons (Fsp3) is 0.0909. The van der Waals surface area contributed by atoms with Crippen molar-refractivity contribution in [3.8, 4) is 5.75 Å². The van der Waals surface area contributed by atoms with Gasteiger partial charge in [0.2, 0.25) is 5.12 Å².